The topological polar surface area (TPSA) is 52.7 Å². The van der Waals surface area contributed by atoms with Crippen LogP contribution in [-0.4, -0.2) is 60.4 Å². The van der Waals surface area contributed by atoms with E-state index in [9.17, 15) is 9.59 Å². The summed E-state index contributed by atoms with van der Waals surface area (Å²) in [6.45, 7) is 3.68. The summed E-state index contributed by atoms with van der Waals surface area (Å²) in [6, 6.07) is -0.336. The molecule has 2 aliphatic heterocycles. The fourth-order valence-electron chi connectivity index (χ4n) is 2.45. The maximum atomic E-state index is 12.3. The number of nitrogens with zero attached hydrogens (tertiary/aromatic N) is 2. The van der Waals surface area contributed by atoms with E-state index in [0.29, 0.717) is 19.6 Å². The molecule has 5 heteroatoms. The van der Waals surface area contributed by atoms with Crippen LogP contribution in [0.15, 0.2) is 0 Å². The Labute approximate surface area is 101 Å². The first kappa shape index (κ1) is 11.9. The van der Waals surface area contributed by atoms with E-state index in [-0.39, 0.29) is 17.9 Å². The molecule has 1 unspecified atom stereocenters. The number of nitrogens with one attached hydrogen (secondary N) is 1. The van der Waals surface area contributed by atoms with Crippen molar-refractivity contribution in [3.63, 3.8) is 0 Å². The second kappa shape index (κ2) is 5.19. The van der Waals surface area contributed by atoms with Gasteiger partial charge in [0.05, 0.1) is 0 Å². The van der Waals surface area contributed by atoms with Crippen LogP contribution < -0.4 is 5.32 Å². The number of rotatable bonds is 1. The lowest BCUT2D eigenvalue weighted by Gasteiger charge is -2.32. The Morgan fingerprint density at radius 1 is 1.24 bits per heavy atom. The molecule has 1 N–H and O–H groups in total. The number of amides is 2. The van der Waals surface area contributed by atoms with Crippen molar-refractivity contribution in [2.24, 2.45) is 0 Å². The number of likely N-dealkylation sites (tertiary alicyclic amines) is 1. The van der Waals surface area contributed by atoms with Gasteiger partial charge in [-0.15, -0.1) is 6.42 Å². The van der Waals surface area contributed by atoms with Gasteiger partial charge in [-0.1, -0.05) is 0 Å². The largest absolute Gasteiger partial charge is 0.338 e. The van der Waals surface area contributed by atoms with E-state index in [1.54, 1.807) is 0 Å². The zero-order valence-electron chi connectivity index (χ0n) is 9.82. The van der Waals surface area contributed by atoms with Gasteiger partial charge in [-0.3, -0.25) is 9.59 Å². The molecule has 2 heterocycles. The number of hydrogen-bond acceptors (Lipinski definition) is 3. The summed E-state index contributed by atoms with van der Waals surface area (Å²) in [5, 5.41) is 3.20. The molecule has 0 spiro atoms. The number of piperazine rings is 1. The molecular weight excluding hydrogens is 218 g/mol. The van der Waals surface area contributed by atoms with Crippen molar-refractivity contribution in [1.29, 1.82) is 0 Å². The lowest BCUT2D eigenvalue weighted by atomic mass is 10.1. The number of terminal acetylenes is 1. The molecule has 1 atom stereocenters. The maximum absolute atomic E-state index is 12.3. The fraction of sp³-hybridized carbons (Fsp3) is 0.667. The second-order valence-corrected chi connectivity index (χ2v) is 4.38. The first-order valence-electron chi connectivity index (χ1n) is 6.01. The number of hydrogen-bond donors (Lipinski definition) is 1. The summed E-state index contributed by atoms with van der Waals surface area (Å²) < 4.78 is 0. The van der Waals surface area contributed by atoms with E-state index in [0.717, 1.165) is 25.9 Å². The van der Waals surface area contributed by atoms with Crippen LogP contribution in [0.5, 0.6) is 0 Å². The Hall–Kier alpha value is -1.54. The summed E-state index contributed by atoms with van der Waals surface area (Å²) in [6.07, 6.45) is 6.71. The van der Waals surface area contributed by atoms with Crippen molar-refractivity contribution >= 4 is 11.8 Å². The van der Waals surface area contributed by atoms with Gasteiger partial charge in [-0.2, -0.15) is 0 Å². The third-order valence-electron chi connectivity index (χ3n) is 3.35. The molecule has 0 saturated carbocycles. The molecule has 0 aromatic carbocycles. The highest BCUT2D eigenvalue weighted by Crippen LogP contribution is 2.19. The van der Waals surface area contributed by atoms with Crippen LogP contribution in [0.25, 0.3) is 0 Å². The number of carbonyl (C=O) groups is 2. The van der Waals surface area contributed by atoms with Crippen molar-refractivity contribution in [3.05, 3.63) is 0 Å². The lowest BCUT2D eigenvalue weighted by Crippen LogP contribution is -2.53. The van der Waals surface area contributed by atoms with Gasteiger partial charge in [0.1, 0.15) is 6.04 Å². The van der Waals surface area contributed by atoms with Crippen LogP contribution in [0.3, 0.4) is 0 Å². The molecule has 17 heavy (non-hydrogen) atoms. The van der Waals surface area contributed by atoms with E-state index < -0.39 is 0 Å². The summed E-state index contributed by atoms with van der Waals surface area (Å²) in [5.74, 6) is 1.78. The Bertz CT molecular complexity index is 355. The van der Waals surface area contributed by atoms with Gasteiger partial charge in [0.2, 0.25) is 5.91 Å². The van der Waals surface area contributed by atoms with Crippen LogP contribution in [0.1, 0.15) is 12.8 Å². The highest BCUT2D eigenvalue weighted by atomic mass is 16.2. The highest BCUT2D eigenvalue weighted by Gasteiger charge is 2.36. The monoisotopic (exact) mass is 235 g/mol. The van der Waals surface area contributed by atoms with Crippen LogP contribution in [0.4, 0.5) is 0 Å². The van der Waals surface area contributed by atoms with E-state index in [4.69, 9.17) is 6.42 Å². The van der Waals surface area contributed by atoms with E-state index in [1.165, 1.54) is 4.90 Å². The average molecular weight is 235 g/mol. The zero-order chi connectivity index (χ0) is 12.3. The molecule has 2 rings (SSSR count). The van der Waals surface area contributed by atoms with Crippen molar-refractivity contribution in [2.75, 3.05) is 32.7 Å². The SMILES string of the molecule is C#CC(=O)N1CCCC1C(=O)N1CCNCC1. The van der Waals surface area contributed by atoms with Crippen molar-refractivity contribution < 1.29 is 9.59 Å². The standard InChI is InChI=1S/C12H17N3O2/c1-2-11(16)15-7-3-4-10(15)12(17)14-8-5-13-6-9-14/h1,10,13H,3-9H2. The van der Waals surface area contributed by atoms with E-state index >= 15 is 0 Å². The van der Waals surface area contributed by atoms with Gasteiger partial charge in [0.15, 0.2) is 0 Å². The Morgan fingerprint density at radius 2 is 1.94 bits per heavy atom. The predicted octanol–water partition coefficient (Wildman–Crippen LogP) is -0.958. The van der Waals surface area contributed by atoms with Crippen LogP contribution in [-0.2, 0) is 9.59 Å². The lowest BCUT2D eigenvalue weighted by molar-refractivity contribution is -0.141. The molecule has 0 aliphatic carbocycles. The zero-order valence-corrected chi connectivity index (χ0v) is 9.82. The number of carbonyl (C=O) groups excluding carboxylic acids is 2. The van der Waals surface area contributed by atoms with Crippen molar-refractivity contribution in [2.45, 2.75) is 18.9 Å². The molecular formula is C12H17N3O2. The van der Waals surface area contributed by atoms with Gasteiger partial charge < -0.3 is 15.1 Å². The van der Waals surface area contributed by atoms with Gasteiger partial charge in [0, 0.05) is 32.7 Å². The molecule has 2 fully saturated rings. The fourth-order valence-corrected chi connectivity index (χ4v) is 2.45. The molecule has 0 aromatic heterocycles. The minimum absolute atomic E-state index is 0.0487. The van der Waals surface area contributed by atoms with Gasteiger partial charge in [-0.05, 0) is 18.8 Å². The first-order valence-corrected chi connectivity index (χ1v) is 6.01. The van der Waals surface area contributed by atoms with Crippen LogP contribution in [0, 0.1) is 12.3 Å². The highest BCUT2D eigenvalue weighted by molar-refractivity contribution is 5.97. The van der Waals surface area contributed by atoms with E-state index in [2.05, 4.69) is 11.2 Å². The minimum Gasteiger partial charge on any atom is -0.338 e. The third kappa shape index (κ3) is 2.42. The second-order valence-electron chi connectivity index (χ2n) is 4.38. The van der Waals surface area contributed by atoms with Crippen LogP contribution >= 0.6 is 0 Å². The normalized spacial score (nSPS) is 24.5. The minimum atomic E-state index is -0.365. The summed E-state index contributed by atoms with van der Waals surface area (Å²) in [5.41, 5.74) is 0. The Kier molecular flexibility index (Phi) is 3.64. The van der Waals surface area contributed by atoms with Crippen LogP contribution in [0.2, 0.25) is 0 Å². The third-order valence-corrected chi connectivity index (χ3v) is 3.35. The average Bonchev–Trinajstić information content (AvgIpc) is 2.87. The van der Waals surface area contributed by atoms with Gasteiger partial charge >= 0.3 is 0 Å². The molecule has 92 valence electrons. The van der Waals surface area contributed by atoms with Crippen molar-refractivity contribution in [1.82, 2.24) is 15.1 Å². The molecule has 0 radical (unpaired) electrons. The molecule has 0 bridgehead atoms. The first-order chi connectivity index (χ1) is 8.24. The molecule has 2 amide bonds. The molecule has 2 aliphatic rings. The summed E-state index contributed by atoms with van der Waals surface area (Å²) in [7, 11) is 0. The maximum Gasteiger partial charge on any atom is 0.298 e. The molecule has 0 aromatic rings. The Balaban J connectivity index is 2.02. The quantitative estimate of drug-likeness (QED) is 0.596. The summed E-state index contributed by atoms with van der Waals surface area (Å²) >= 11 is 0. The Morgan fingerprint density at radius 3 is 2.59 bits per heavy atom. The molecule has 5 nitrogen and oxygen atoms in total. The van der Waals surface area contributed by atoms with E-state index in [1.807, 2.05) is 4.90 Å². The molecule has 2 saturated heterocycles. The predicted molar refractivity (Wildman–Crippen MR) is 63.0 cm³/mol. The van der Waals surface area contributed by atoms with Crippen molar-refractivity contribution in [3.8, 4) is 12.3 Å². The van der Waals surface area contributed by atoms with Gasteiger partial charge in [-0.25, -0.2) is 0 Å². The smallest absolute Gasteiger partial charge is 0.298 e. The van der Waals surface area contributed by atoms with Gasteiger partial charge in [0.25, 0.3) is 5.91 Å². The summed E-state index contributed by atoms with van der Waals surface area (Å²) in [4.78, 5) is 27.1.